The van der Waals surface area contributed by atoms with Crippen LogP contribution >= 0.6 is 0 Å². The number of carbonyl (C=O) groups excluding carboxylic acids is 1. The van der Waals surface area contributed by atoms with Gasteiger partial charge in [-0.3, -0.25) is 4.79 Å². The lowest BCUT2D eigenvalue weighted by Gasteiger charge is -2.35. The number of hydrogen-bond donors (Lipinski definition) is 0. The first kappa shape index (κ1) is 12.9. The molecule has 1 fully saturated rings. The molecule has 0 N–H and O–H groups in total. The molecule has 0 saturated heterocycles. The van der Waals surface area contributed by atoms with Crippen LogP contribution in [0, 0.1) is 11.1 Å². The minimum atomic E-state index is -0.177. The maximum Gasteiger partial charge on any atom is 0.319 e. The Labute approximate surface area is 108 Å². The van der Waals surface area contributed by atoms with Crippen molar-refractivity contribution in [3.8, 4) is 0 Å². The quantitative estimate of drug-likeness (QED) is 0.593. The zero-order valence-electron chi connectivity index (χ0n) is 11.0. The third-order valence-corrected chi connectivity index (χ3v) is 3.93. The van der Waals surface area contributed by atoms with Gasteiger partial charge in [0.1, 0.15) is 0 Å². The maximum absolute atomic E-state index is 12.3. The first-order chi connectivity index (χ1) is 8.61. The van der Waals surface area contributed by atoms with Crippen LogP contribution in [0.15, 0.2) is 24.4 Å². The number of aromatic nitrogens is 1. The smallest absolute Gasteiger partial charge is 0.319 e. The molecule has 1 aromatic heterocycles. The van der Waals surface area contributed by atoms with Crippen LogP contribution in [0.25, 0.3) is 0 Å². The minimum Gasteiger partial charge on any atom is -0.618 e. The van der Waals surface area contributed by atoms with E-state index in [0.717, 1.165) is 12.8 Å². The molecule has 2 atom stereocenters. The SMILES string of the molecule is C[C@@H]1CCCC[C@@H]1N(C)C(=O)c1cccc[n+]1[O-]. The number of nitrogens with zero attached hydrogens (tertiary/aromatic N) is 2. The highest BCUT2D eigenvalue weighted by atomic mass is 16.5. The normalized spacial score (nSPS) is 23.7. The zero-order valence-corrected chi connectivity index (χ0v) is 11.0. The van der Waals surface area contributed by atoms with Gasteiger partial charge in [-0.25, -0.2) is 0 Å². The molecule has 1 saturated carbocycles. The summed E-state index contributed by atoms with van der Waals surface area (Å²) in [7, 11) is 1.81. The summed E-state index contributed by atoms with van der Waals surface area (Å²) < 4.78 is 0.645. The zero-order chi connectivity index (χ0) is 13.1. The summed E-state index contributed by atoms with van der Waals surface area (Å²) in [5.41, 5.74) is 0.206. The third-order valence-electron chi connectivity index (χ3n) is 3.93. The van der Waals surface area contributed by atoms with Crippen molar-refractivity contribution in [2.75, 3.05) is 7.05 Å². The van der Waals surface area contributed by atoms with Crippen LogP contribution in [-0.4, -0.2) is 23.9 Å². The molecule has 18 heavy (non-hydrogen) atoms. The van der Waals surface area contributed by atoms with Gasteiger partial charge in [-0.15, -0.1) is 0 Å². The number of amides is 1. The summed E-state index contributed by atoms with van der Waals surface area (Å²) in [6.45, 7) is 2.18. The highest BCUT2D eigenvalue weighted by Crippen LogP contribution is 2.27. The summed E-state index contributed by atoms with van der Waals surface area (Å²) in [6, 6.07) is 5.19. The monoisotopic (exact) mass is 248 g/mol. The molecule has 4 heteroatoms. The van der Waals surface area contributed by atoms with Crippen molar-refractivity contribution in [2.45, 2.75) is 38.6 Å². The molecule has 0 spiro atoms. The van der Waals surface area contributed by atoms with Gasteiger partial charge in [0, 0.05) is 25.2 Å². The van der Waals surface area contributed by atoms with Gasteiger partial charge in [0.25, 0.3) is 5.69 Å². The van der Waals surface area contributed by atoms with E-state index in [-0.39, 0.29) is 17.6 Å². The average Bonchev–Trinajstić information content (AvgIpc) is 2.38. The lowest BCUT2D eigenvalue weighted by atomic mass is 9.85. The molecule has 0 aromatic carbocycles. The van der Waals surface area contributed by atoms with Crippen molar-refractivity contribution in [2.24, 2.45) is 5.92 Å². The molecular weight excluding hydrogens is 228 g/mol. The fourth-order valence-electron chi connectivity index (χ4n) is 2.80. The van der Waals surface area contributed by atoms with Gasteiger partial charge < -0.3 is 10.1 Å². The predicted molar refractivity (Wildman–Crippen MR) is 68.9 cm³/mol. The number of rotatable bonds is 2. The van der Waals surface area contributed by atoms with Gasteiger partial charge in [0.2, 0.25) is 0 Å². The molecule has 2 rings (SSSR count). The summed E-state index contributed by atoms with van der Waals surface area (Å²) in [5.74, 6) is 0.334. The van der Waals surface area contributed by atoms with E-state index in [0.29, 0.717) is 10.6 Å². The molecule has 1 aromatic rings. The van der Waals surface area contributed by atoms with Crippen LogP contribution in [0.4, 0.5) is 0 Å². The van der Waals surface area contributed by atoms with Crippen molar-refractivity contribution in [3.63, 3.8) is 0 Å². The molecule has 0 aliphatic heterocycles. The largest absolute Gasteiger partial charge is 0.618 e. The second kappa shape index (κ2) is 5.38. The van der Waals surface area contributed by atoms with Crippen molar-refractivity contribution in [1.82, 2.24) is 4.90 Å². The van der Waals surface area contributed by atoms with Gasteiger partial charge in [0.05, 0.1) is 0 Å². The van der Waals surface area contributed by atoms with Crippen molar-refractivity contribution in [3.05, 3.63) is 35.3 Å². The van der Waals surface area contributed by atoms with E-state index < -0.39 is 0 Å². The van der Waals surface area contributed by atoms with Gasteiger partial charge >= 0.3 is 5.91 Å². The molecule has 1 amide bonds. The van der Waals surface area contributed by atoms with E-state index >= 15 is 0 Å². The molecule has 1 heterocycles. The Hall–Kier alpha value is -1.58. The van der Waals surface area contributed by atoms with E-state index in [1.54, 1.807) is 23.1 Å². The molecule has 1 aliphatic rings. The second-order valence-electron chi connectivity index (χ2n) is 5.16. The molecular formula is C14H20N2O2. The van der Waals surface area contributed by atoms with E-state index in [1.807, 2.05) is 7.05 Å². The molecule has 0 bridgehead atoms. The molecule has 98 valence electrons. The Morgan fingerprint density at radius 1 is 1.39 bits per heavy atom. The highest BCUT2D eigenvalue weighted by molar-refractivity contribution is 5.91. The van der Waals surface area contributed by atoms with E-state index in [4.69, 9.17) is 0 Å². The second-order valence-corrected chi connectivity index (χ2v) is 5.16. The fourth-order valence-corrected chi connectivity index (χ4v) is 2.80. The van der Waals surface area contributed by atoms with Gasteiger partial charge in [0.15, 0.2) is 6.20 Å². The lowest BCUT2D eigenvalue weighted by molar-refractivity contribution is -0.608. The topological polar surface area (TPSA) is 47.2 Å². The van der Waals surface area contributed by atoms with Gasteiger partial charge in [-0.1, -0.05) is 19.8 Å². The first-order valence-electron chi connectivity index (χ1n) is 6.56. The van der Waals surface area contributed by atoms with Crippen molar-refractivity contribution < 1.29 is 9.52 Å². The third kappa shape index (κ3) is 2.47. The Bertz CT molecular complexity index is 434. The van der Waals surface area contributed by atoms with Crippen LogP contribution in [0.1, 0.15) is 43.1 Å². The van der Waals surface area contributed by atoms with Crippen molar-refractivity contribution >= 4 is 5.91 Å². The summed E-state index contributed by atoms with van der Waals surface area (Å²) in [4.78, 5) is 14.1. The standard InChI is InChI=1S/C14H20N2O2/c1-11-7-3-4-8-12(11)15(2)14(17)13-9-5-6-10-16(13)18/h5-6,9-12H,3-4,7-8H2,1-2H3/t11-,12+/m1/s1. The lowest BCUT2D eigenvalue weighted by Crippen LogP contribution is -2.47. The van der Waals surface area contributed by atoms with E-state index in [1.165, 1.54) is 19.0 Å². The Morgan fingerprint density at radius 3 is 2.78 bits per heavy atom. The molecule has 1 aliphatic carbocycles. The summed E-state index contributed by atoms with van der Waals surface area (Å²) in [6.07, 6.45) is 5.97. The van der Waals surface area contributed by atoms with Crippen molar-refractivity contribution in [1.29, 1.82) is 0 Å². The number of pyridine rings is 1. The number of carbonyl (C=O) groups is 1. The minimum absolute atomic E-state index is 0.177. The highest BCUT2D eigenvalue weighted by Gasteiger charge is 2.31. The Kier molecular flexibility index (Phi) is 3.84. The molecule has 0 unspecified atom stereocenters. The van der Waals surface area contributed by atoms with E-state index in [2.05, 4.69) is 6.92 Å². The molecule has 0 radical (unpaired) electrons. The Balaban J connectivity index is 2.16. The summed E-state index contributed by atoms with van der Waals surface area (Å²) >= 11 is 0. The summed E-state index contributed by atoms with van der Waals surface area (Å²) in [5, 5.41) is 11.6. The van der Waals surface area contributed by atoms with E-state index in [9.17, 15) is 10.0 Å². The first-order valence-corrected chi connectivity index (χ1v) is 6.56. The van der Waals surface area contributed by atoms with Crippen LogP contribution in [0.5, 0.6) is 0 Å². The predicted octanol–water partition coefficient (Wildman–Crippen LogP) is 1.97. The van der Waals surface area contributed by atoms with Crippen LogP contribution in [0.3, 0.4) is 0 Å². The average molecular weight is 248 g/mol. The number of hydrogen-bond acceptors (Lipinski definition) is 2. The van der Waals surface area contributed by atoms with Crippen LogP contribution in [-0.2, 0) is 0 Å². The Morgan fingerprint density at radius 2 is 2.11 bits per heavy atom. The van der Waals surface area contributed by atoms with Gasteiger partial charge in [-0.2, -0.15) is 4.73 Å². The van der Waals surface area contributed by atoms with Crippen LogP contribution in [0.2, 0.25) is 0 Å². The fraction of sp³-hybridized carbons (Fsp3) is 0.571. The van der Waals surface area contributed by atoms with Crippen LogP contribution < -0.4 is 4.73 Å². The van der Waals surface area contributed by atoms with Gasteiger partial charge in [-0.05, 0) is 24.8 Å². The maximum atomic E-state index is 12.3. The molecule has 4 nitrogen and oxygen atoms in total.